The summed E-state index contributed by atoms with van der Waals surface area (Å²) in [6.07, 6.45) is 10.5. The second-order valence-electron chi connectivity index (χ2n) is 6.13. The Bertz CT molecular complexity index is 664. The standard InChI is InChI=1S/C22H28NO/c1-2-3-8-20-12-14-21(15-13-20)9-4-5-16-23-17-6-10-22(19-23)11-7-18-24/h6,10,12-15,17,19,24H,2-3,5,7-8,11,16,18H2,1H3/q+1. The molecular formula is C22H28NO+. The molecule has 0 radical (unpaired) electrons. The van der Waals surface area contributed by atoms with Crippen LogP contribution in [-0.4, -0.2) is 11.7 Å². The minimum Gasteiger partial charge on any atom is -0.396 e. The van der Waals surface area contributed by atoms with Crippen molar-refractivity contribution in [3.05, 3.63) is 65.5 Å². The molecule has 0 fully saturated rings. The number of unbranched alkanes of at least 4 members (excludes halogenated alkanes) is 1. The van der Waals surface area contributed by atoms with Crippen LogP contribution in [0.3, 0.4) is 0 Å². The average molecular weight is 322 g/mol. The zero-order valence-corrected chi connectivity index (χ0v) is 14.7. The van der Waals surface area contributed by atoms with Crippen LogP contribution in [0.15, 0.2) is 48.8 Å². The Labute approximate surface area is 146 Å². The first-order valence-corrected chi connectivity index (χ1v) is 8.98. The Morgan fingerprint density at radius 3 is 2.54 bits per heavy atom. The quantitative estimate of drug-likeness (QED) is 0.582. The Hall–Kier alpha value is -2.11. The number of benzene rings is 1. The Kier molecular flexibility index (Phi) is 8.07. The molecule has 2 nitrogen and oxygen atoms in total. The predicted molar refractivity (Wildman–Crippen MR) is 98.6 cm³/mol. The lowest BCUT2D eigenvalue weighted by molar-refractivity contribution is -0.696. The Morgan fingerprint density at radius 1 is 1.00 bits per heavy atom. The number of hydrogen-bond acceptors (Lipinski definition) is 1. The molecule has 0 aliphatic rings. The lowest BCUT2D eigenvalue weighted by atomic mass is 10.1. The van der Waals surface area contributed by atoms with Gasteiger partial charge in [-0.3, -0.25) is 0 Å². The van der Waals surface area contributed by atoms with E-state index in [1.54, 1.807) is 0 Å². The van der Waals surface area contributed by atoms with Crippen molar-refractivity contribution < 1.29 is 9.67 Å². The fraction of sp³-hybridized carbons (Fsp3) is 0.409. The predicted octanol–water partition coefficient (Wildman–Crippen LogP) is 3.68. The number of rotatable bonds is 8. The van der Waals surface area contributed by atoms with Crippen LogP contribution in [0.25, 0.3) is 0 Å². The third-order valence-electron chi connectivity index (χ3n) is 4.04. The zero-order chi connectivity index (χ0) is 17.0. The largest absolute Gasteiger partial charge is 0.396 e. The van der Waals surface area contributed by atoms with Crippen LogP contribution in [0, 0.1) is 11.8 Å². The van der Waals surface area contributed by atoms with Gasteiger partial charge in [-0.2, -0.15) is 0 Å². The SMILES string of the molecule is CCCCc1ccc(C#CCC[n+]2cccc(CCCO)c2)cc1. The maximum Gasteiger partial charge on any atom is 0.172 e. The first-order chi connectivity index (χ1) is 11.8. The molecule has 1 N–H and O–H groups in total. The van der Waals surface area contributed by atoms with E-state index in [2.05, 4.69) is 72.1 Å². The molecule has 0 bridgehead atoms. The fourth-order valence-electron chi connectivity index (χ4n) is 2.63. The maximum absolute atomic E-state index is 8.91. The van der Waals surface area contributed by atoms with Crippen LogP contribution in [-0.2, 0) is 19.4 Å². The van der Waals surface area contributed by atoms with Gasteiger partial charge in [-0.05, 0) is 49.4 Å². The first-order valence-electron chi connectivity index (χ1n) is 8.98. The molecule has 126 valence electrons. The van der Waals surface area contributed by atoms with Crippen molar-refractivity contribution in [2.24, 2.45) is 0 Å². The number of aryl methyl sites for hydroxylation is 3. The van der Waals surface area contributed by atoms with Crippen molar-refractivity contribution in [2.45, 2.75) is 52.0 Å². The van der Waals surface area contributed by atoms with Crippen LogP contribution < -0.4 is 4.57 Å². The molecule has 0 aliphatic heterocycles. The van der Waals surface area contributed by atoms with Gasteiger partial charge in [0.15, 0.2) is 18.9 Å². The second-order valence-corrected chi connectivity index (χ2v) is 6.13. The normalized spacial score (nSPS) is 10.2. The zero-order valence-electron chi connectivity index (χ0n) is 14.7. The molecule has 0 saturated carbocycles. The topological polar surface area (TPSA) is 24.1 Å². The molecule has 0 spiro atoms. The smallest absolute Gasteiger partial charge is 0.172 e. The van der Waals surface area contributed by atoms with Gasteiger partial charge in [0.05, 0.1) is 6.42 Å². The summed E-state index contributed by atoms with van der Waals surface area (Å²) in [4.78, 5) is 0. The van der Waals surface area contributed by atoms with Gasteiger partial charge in [-0.1, -0.05) is 37.3 Å². The van der Waals surface area contributed by atoms with Gasteiger partial charge in [0.25, 0.3) is 0 Å². The highest BCUT2D eigenvalue weighted by Crippen LogP contribution is 2.07. The van der Waals surface area contributed by atoms with Gasteiger partial charge in [0, 0.05) is 23.8 Å². The van der Waals surface area contributed by atoms with E-state index < -0.39 is 0 Å². The van der Waals surface area contributed by atoms with Crippen LogP contribution >= 0.6 is 0 Å². The molecule has 2 heteroatoms. The summed E-state index contributed by atoms with van der Waals surface area (Å²) in [6.45, 7) is 3.37. The minimum absolute atomic E-state index is 0.248. The summed E-state index contributed by atoms with van der Waals surface area (Å²) in [5.74, 6) is 6.52. The van der Waals surface area contributed by atoms with E-state index in [-0.39, 0.29) is 6.61 Å². The Morgan fingerprint density at radius 2 is 1.79 bits per heavy atom. The summed E-state index contributed by atoms with van der Waals surface area (Å²) >= 11 is 0. The number of hydrogen-bond donors (Lipinski definition) is 1. The third kappa shape index (κ3) is 6.56. The number of pyridine rings is 1. The Balaban J connectivity index is 1.83. The highest BCUT2D eigenvalue weighted by atomic mass is 16.2. The van der Waals surface area contributed by atoms with E-state index in [4.69, 9.17) is 5.11 Å². The number of aromatic nitrogens is 1. The van der Waals surface area contributed by atoms with Crippen molar-refractivity contribution >= 4 is 0 Å². The lowest BCUT2D eigenvalue weighted by Gasteiger charge is -1.99. The maximum atomic E-state index is 8.91. The van der Waals surface area contributed by atoms with E-state index in [1.807, 2.05) is 0 Å². The summed E-state index contributed by atoms with van der Waals surface area (Å²) < 4.78 is 2.18. The van der Waals surface area contributed by atoms with Crippen LogP contribution in [0.2, 0.25) is 0 Å². The molecule has 1 aromatic heterocycles. The molecule has 0 aliphatic carbocycles. The van der Waals surface area contributed by atoms with Crippen LogP contribution in [0.4, 0.5) is 0 Å². The van der Waals surface area contributed by atoms with Gasteiger partial charge < -0.3 is 5.11 Å². The highest BCUT2D eigenvalue weighted by Gasteiger charge is 2.01. The molecular weight excluding hydrogens is 294 g/mol. The third-order valence-corrected chi connectivity index (χ3v) is 4.04. The summed E-state index contributed by atoms with van der Waals surface area (Å²) in [5, 5.41) is 8.91. The monoisotopic (exact) mass is 322 g/mol. The minimum atomic E-state index is 0.248. The highest BCUT2D eigenvalue weighted by molar-refractivity contribution is 5.36. The molecule has 24 heavy (non-hydrogen) atoms. The summed E-state index contributed by atoms with van der Waals surface area (Å²) in [7, 11) is 0. The first kappa shape index (κ1) is 18.2. The van der Waals surface area contributed by atoms with E-state index in [0.29, 0.717) is 0 Å². The van der Waals surface area contributed by atoms with Gasteiger partial charge in [-0.25, -0.2) is 4.57 Å². The van der Waals surface area contributed by atoms with Crippen molar-refractivity contribution in [2.75, 3.05) is 6.61 Å². The van der Waals surface area contributed by atoms with Gasteiger partial charge in [0.1, 0.15) is 0 Å². The van der Waals surface area contributed by atoms with Crippen molar-refractivity contribution in [1.29, 1.82) is 0 Å². The van der Waals surface area contributed by atoms with Gasteiger partial charge in [0.2, 0.25) is 0 Å². The summed E-state index contributed by atoms with van der Waals surface area (Å²) in [5.41, 5.74) is 3.76. The second kappa shape index (κ2) is 10.6. The fourth-order valence-corrected chi connectivity index (χ4v) is 2.63. The molecule has 2 aromatic rings. The number of aliphatic hydroxyl groups excluding tert-OH is 1. The molecule has 0 saturated heterocycles. The van der Waals surface area contributed by atoms with E-state index in [1.165, 1.54) is 24.0 Å². The molecule has 1 aromatic carbocycles. The molecule has 0 atom stereocenters. The molecule has 2 rings (SSSR count). The van der Waals surface area contributed by atoms with Crippen molar-refractivity contribution in [1.82, 2.24) is 0 Å². The molecule has 0 amide bonds. The van der Waals surface area contributed by atoms with Crippen molar-refractivity contribution in [3.8, 4) is 11.8 Å². The average Bonchev–Trinajstić information content (AvgIpc) is 2.63. The van der Waals surface area contributed by atoms with Crippen LogP contribution in [0.5, 0.6) is 0 Å². The summed E-state index contributed by atoms with van der Waals surface area (Å²) in [6, 6.07) is 12.8. The van der Waals surface area contributed by atoms with E-state index in [0.717, 1.165) is 37.8 Å². The number of nitrogens with zero attached hydrogens (tertiary/aromatic N) is 1. The van der Waals surface area contributed by atoms with E-state index >= 15 is 0 Å². The lowest BCUT2D eigenvalue weighted by Crippen LogP contribution is -2.33. The van der Waals surface area contributed by atoms with E-state index in [9.17, 15) is 0 Å². The van der Waals surface area contributed by atoms with Gasteiger partial charge in [-0.15, -0.1) is 0 Å². The van der Waals surface area contributed by atoms with Crippen LogP contribution in [0.1, 0.15) is 49.3 Å². The van der Waals surface area contributed by atoms with Crippen molar-refractivity contribution in [3.63, 3.8) is 0 Å². The number of aliphatic hydroxyl groups is 1. The molecule has 1 heterocycles. The van der Waals surface area contributed by atoms with Gasteiger partial charge >= 0.3 is 0 Å². The molecule has 0 unspecified atom stereocenters.